The van der Waals surface area contributed by atoms with Gasteiger partial charge in [-0.1, -0.05) is 67.6 Å². The Morgan fingerprint density at radius 2 is 1.67 bits per heavy atom. The van der Waals surface area contributed by atoms with Crippen molar-refractivity contribution in [2.75, 3.05) is 13.7 Å². The van der Waals surface area contributed by atoms with Crippen LogP contribution in [0, 0.1) is 0 Å². The van der Waals surface area contributed by atoms with Crippen LogP contribution in [-0.4, -0.2) is 43.7 Å². The Kier molecular flexibility index (Phi) is 8.43. The van der Waals surface area contributed by atoms with E-state index in [9.17, 15) is 4.79 Å². The summed E-state index contributed by atoms with van der Waals surface area (Å²) in [4.78, 5) is 18.5. The maximum atomic E-state index is 13.2. The highest BCUT2D eigenvalue weighted by molar-refractivity contribution is 5.80. The van der Waals surface area contributed by atoms with Crippen LogP contribution in [0.3, 0.4) is 0 Å². The molecule has 0 radical (unpaired) electrons. The van der Waals surface area contributed by atoms with Crippen LogP contribution in [0.2, 0.25) is 0 Å². The largest absolute Gasteiger partial charge is 0.497 e. The van der Waals surface area contributed by atoms with Crippen molar-refractivity contribution in [3.63, 3.8) is 0 Å². The fraction of sp³-hybridized carbons (Fsp3) is 0.290. The number of aryl methyl sites for hydroxylation is 2. The fourth-order valence-electron chi connectivity index (χ4n) is 5.05. The fourth-order valence-corrected chi connectivity index (χ4v) is 5.05. The van der Waals surface area contributed by atoms with Gasteiger partial charge in [-0.05, 0) is 65.1 Å². The first-order valence-electron chi connectivity index (χ1n) is 13.4. The Balaban J connectivity index is 1.45. The van der Waals surface area contributed by atoms with Crippen LogP contribution in [0.5, 0.6) is 5.75 Å². The standard InChI is InChI=1S/C31H34N6O2/c1-3-29(30-33-34-35-37(30)19-17-24-12-8-5-9-13-24)36(18-16-23-10-6-4-7-11-23)22-26-20-25-21-27(39-2)14-15-28(25)32-31(26)38/h4-15,20-21,29H,3,16-19,22H2,1-2H3,(H,32,38)/t29-/m1/s1. The highest BCUT2D eigenvalue weighted by Crippen LogP contribution is 2.26. The van der Waals surface area contributed by atoms with E-state index in [1.807, 2.05) is 53.2 Å². The average Bonchev–Trinajstić information content (AvgIpc) is 3.44. The number of pyridine rings is 1. The molecule has 2 heterocycles. The SMILES string of the molecule is CC[C@H](c1nnnn1CCc1ccccc1)N(CCc1ccccc1)Cc1cc2cc(OC)ccc2[nH]c1=O. The zero-order chi connectivity index (χ0) is 27.0. The normalized spacial score (nSPS) is 12.2. The first-order chi connectivity index (χ1) is 19.1. The highest BCUT2D eigenvalue weighted by atomic mass is 16.5. The molecule has 0 aliphatic carbocycles. The smallest absolute Gasteiger partial charge is 0.252 e. The lowest BCUT2D eigenvalue weighted by Gasteiger charge is -2.30. The number of nitrogens with zero attached hydrogens (tertiary/aromatic N) is 5. The van der Waals surface area contributed by atoms with E-state index >= 15 is 0 Å². The summed E-state index contributed by atoms with van der Waals surface area (Å²) < 4.78 is 7.32. The number of tetrazole rings is 1. The van der Waals surface area contributed by atoms with Gasteiger partial charge >= 0.3 is 0 Å². The Labute approximate surface area is 228 Å². The van der Waals surface area contributed by atoms with Crippen molar-refractivity contribution in [3.05, 3.63) is 118 Å². The molecule has 8 heteroatoms. The van der Waals surface area contributed by atoms with Crippen molar-refractivity contribution >= 4 is 10.9 Å². The van der Waals surface area contributed by atoms with Crippen molar-refractivity contribution in [2.45, 2.75) is 45.3 Å². The number of ether oxygens (including phenoxy) is 1. The molecule has 0 aliphatic heterocycles. The Hall–Kier alpha value is -4.30. The van der Waals surface area contributed by atoms with E-state index in [-0.39, 0.29) is 11.6 Å². The molecule has 39 heavy (non-hydrogen) atoms. The minimum absolute atomic E-state index is 0.0557. The number of hydrogen-bond donors (Lipinski definition) is 1. The van der Waals surface area contributed by atoms with E-state index in [0.29, 0.717) is 18.7 Å². The second-order valence-electron chi connectivity index (χ2n) is 9.70. The van der Waals surface area contributed by atoms with E-state index in [2.05, 4.69) is 68.7 Å². The van der Waals surface area contributed by atoms with Crippen LogP contribution < -0.4 is 10.3 Å². The molecule has 5 aromatic rings. The third-order valence-corrected chi connectivity index (χ3v) is 7.17. The lowest BCUT2D eigenvalue weighted by Crippen LogP contribution is -2.34. The molecule has 200 valence electrons. The van der Waals surface area contributed by atoms with Gasteiger partial charge in [0.2, 0.25) is 0 Å². The number of H-pyrrole nitrogens is 1. The summed E-state index contributed by atoms with van der Waals surface area (Å²) in [6, 6.07) is 28.4. The van der Waals surface area contributed by atoms with Crippen molar-refractivity contribution in [2.24, 2.45) is 0 Å². The van der Waals surface area contributed by atoms with Gasteiger partial charge in [0.15, 0.2) is 5.82 Å². The molecule has 0 fully saturated rings. The highest BCUT2D eigenvalue weighted by Gasteiger charge is 2.25. The first-order valence-corrected chi connectivity index (χ1v) is 13.4. The van der Waals surface area contributed by atoms with Gasteiger partial charge in [0.25, 0.3) is 5.56 Å². The summed E-state index contributed by atoms with van der Waals surface area (Å²) in [6.07, 6.45) is 2.49. The molecule has 0 amide bonds. The summed E-state index contributed by atoms with van der Waals surface area (Å²) in [5.41, 5.74) is 3.89. The summed E-state index contributed by atoms with van der Waals surface area (Å²) in [5.74, 6) is 1.57. The predicted octanol–water partition coefficient (Wildman–Crippen LogP) is 4.96. The molecule has 0 saturated carbocycles. The number of aromatic nitrogens is 5. The van der Waals surface area contributed by atoms with Crippen LogP contribution in [0.15, 0.2) is 89.7 Å². The number of aromatic amines is 1. The zero-order valence-electron chi connectivity index (χ0n) is 22.5. The van der Waals surface area contributed by atoms with Crippen molar-refractivity contribution in [1.82, 2.24) is 30.1 Å². The summed E-state index contributed by atoms with van der Waals surface area (Å²) in [7, 11) is 1.65. The van der Waals surface area contributed by atoms with E-state index < -0.39 is 0 Å². The van der Waals surface area contributed by atoms with Gasteiger partial charge in [0.1, 0.15) is 5.75 Å². The maximum Gasteiger partial charge on any atom is 0.252 e. The van der Waals surface area contributed by atoms with E-state index in [4.69, 9.17) is 4.74 Å². The second kappa shape index (κ2) is 12.5. The molecule has 0 unspecified atom stereocenters. The number of benzene rings is 3. The average molecular weight is 523 g/mol. The van der Waals surface area contributed by atoms with Crippen LogP contribution in [0.1, 0.15) is 41.9 Å². The van der Waals surface area contributed by atoms with E-state index in [1.54, 1.807) is 7.11 Å². The van der Waals surface area contributed by atoms with E-state index in [1.165, 1.54) is 11.1 Å². The van der Waals surface area contributed by atoms with Gasteiger partial charge in [0, 0.05) is 36.1 Å². The van der Waals surface area contributed by atoms with Gasteiger partial charge in [-0.2, -0.15) is 0 Å². The number of nitrogens with one attached hydrogen (secondary N) is 1. The number of hydrogen-bond acceptors (Lipinski definition) is 6. The van der Waals surface area contributed by atoms with Gasteiger partial charge in [-0.25, -0.2) is 4.68 Å². The number of methoxy groups -OCH3 is 1. The van der Waals surface area contributed by atoms with Crippen LogP contribution >= 0.6 is 0 Å². The molecule has 1 atom stereocenters. The van der Waals surface area contributed by atoms with Gasteiger partial charge in [0.05, 0.1) is 13.2 Å². The molecule has 0 bridgehead atoms. The maximum absolute atomic E-state index is 13.2. The molecular formula is C31H34N6O2. The van der Waals surface area contributed by atoms with Crippen LogP contribution in [-0.2, 0) is 25.9 Å². The minimum atomic E-state index is -0.0871. The molecule has 8 nitrogen and oxygen atoms in total. The van der Waals surface area contributed by atoms with Gasteiger partial charge < -0.3 is 9.72 Å². The Morgan fingerprint density at radius 1 is 0.949 bits per heavy atom. The molecule has 0 spiro atoms. The molecular weight excluding hydrogens is 488 g/mol. The molecule has 5 rings (SSSR count). The molecule has 0 saturated heterocycles. The third kappa shape index (κ3) is 6.41. The van der Waals surface area contributed by atoms with Gasteiger partial charge in [-0.3, -0.25) is 9.69 Å². The monoisotopic (exact) mass is 522 g/mol. The summed E-state index contributed by atoms with van der Waals surface area (Å²) >= 11 is 0. The second-order valence-corrected chi connectivity index (χ2v) is 9.70. The topological polar surface area (TPSA) is 88.9 Å². The predicted molar refractivity (Wildman–Crippen MR) is 153 cm³/mol. The lowest BCUT2D eigenvalue weighted by atomic mass is 10.1. The molecule has 3 aromatic carbocycles. The minimum Gasteiger partial charge on any atom is -0.497 e. The molecule has 2 aromatic heterocycles. The lowest BCUT2D eigenvalue weighted by molar-refractivity contribution is 0.171. The Morgan fingerprint density at radius 3 is 2.36 bits per heavy atom. The quantitative estimate of drug-likeness (QED) is 0.249. The van der Waals surface area contributed by atoms with Gasteiger partial charge in [-0.15, -0.1) is 5.10 Å². The first kappa shape index (κ1) is 26.3. The molecule has 0 aliphatic rings. The number of rotatable bonds is 12. The summed E-state index contributed by atoms with van der Waals surface area (Å²) in [6.45, 7) is 4.06. The zero-order valence-corrected chi connectivity index (χ0v) is 22.5. The van der Waals surface area contributed by atoms with Crippen molar-refractivity contribution < 1.29 is 4.74 Å². The van der Waals surface area contributed by atoms with Crippen molar-refractivity contribution in [1.29, 1.82) is 0 Å². The third-order valence-electron chi connectivity index (χ3n) is 7.17. The van der Waals surface area contributed by atoms with Crippen molar-refractivity contribution in [3.8, 4) is 5.75 Å². The molecule has 1 N–H and O–H groups in total. The van der Waals surface area contributed by atoms with Crippen LogP contribution in [0.25, 0.3) is 10.9 Å². The van der Waals surface area contributed by atoms with Crippen LogP contribution in [0.4, 0.5) is 0 Å². The number of fused-ring (bicyclic) bond motifs is 1. The summed E-state index contributed by atoms with van der Waals surface area (Å²) in [5, 5.41) is 13.8. The van der Waals surface area contributed by atoms with E-state index in [0.717, 1.165) is 48.3 Å². The Bertz CT molecular complexity index is 1550.